The summed E-state index contributed by atoms with van der Waals surface area (Å²) in [7, 11) is 1.71. The summed E-state index contributed by atoms with van der Waals surface area (Å²) in [6.07, 6.45) is 2.64. The minimum Gasteiger partial charge on any atom is -0.505 e. The van der Waals surface area contributed by atoms with E-state index in [9.17, 15) is 9.50 Å². The molecule has 1 aromatic heterocycles. The van der Waals surface area contributed by atoms with Gasteiger partial charge in [-0.3, -0.25) is 4.99 Å². The molecule has 0 bridgehead atoms. The van der Waals surface area contributed by atoms with E-state index >= 15 is 0 Å². The molecule has 1 atom stereocenters. The van der Waals surface area contributed by atoms with Gasteiger partial charge in [-0.15, -0.1) is 0 Å². The highest BCUT2D eigenvalue weighted by Gasteiger charge is 2.26. The van der Waals surface area contributed by atoms with E-state index in [4.69, 9.17) is 4.74 Å². The normalized spacial score (nSPS) is 17.6. The zero-order valence-corrected chi connectivity index (χ0v) is 14.0. The lowest BCUT2D eigenvalue weighted by molar-refractivity contribution is 0.205. The van der Waals surface area contributed by atoms with Crippen LogP contribution in [0.15, 0.2) is 47.6 Å². The molecule has 1 aromatic carbocycles. The molecule has 0 saturated carbocycles. The largest absolute Gasteiger partial charge is 0.505 e. The van der Waals surface area contributed by atoms with E-state index in [-0.39, 0.29) is 11.9 Å². The van der Waals surface area contributed by atoms with Gasteiger partial charge < -0.3 is 20.1 Å². The monoisotopic (exact) mass is 344 g/mol. The summed E-state index contributed by atoms with van der Waals surface area (Å²) in [5.74, 6) is 0.388. The molecule has 1 aliphatic rings. The minimum absolute atomic E-state index is 0.0552. The second kappa shape index (κ2) is 7.83. The van der Waals surface area contributed by atoms with Crippen molar-refractivity contribution in [3.63, 3.8) is 0 Å². The second-order valence-corrected chi connectivity index (χ2v) is 5.83. The van der Waals surface area contributed by atoms with Crippen molar-refractivity contribution in [2.24, 2.45) is 4.99 Å². The molecular formula is C18H21FN4O2. The van der Waals surface area contributed by atoms with Crippen molar-refractivity contribution in [1.82, 2.24) is 15.2 Å². The first-order valence-corrected chi connectivity index (χ1v) is 8.16. The number of guanidine groups is 1. The van der Waals surface area contributed by atoms with E-state index in [1.54, 1.807) is 19.3 Å². The molecule has 0 radical (unpaired) electrons. The topological polar surface area (TPSA) is 70.0 Å². The maximum atomic E-state index is 13.4. The van der Waals surface area contributed by atoms with Crippen LogP contribution in [0.3, 0.4) is 0 Å². The number of benzene rings is 1. The van der Waals surface area contributed by atoms with E-state index < -0.39 is 5.82 Å². The molecule has 0 spiro atoms. The predicted octanol–water partition coefficient (Wildman–Crippen LogP) is 2.16. The predicted molar refractivity (Wildman–Crippen MR) is 93.1 cm³/mol. The summed E-state index contributed by atoms with van der Waals surface area (Å²) < 4.78 is 19.3. The molecule has 25 heavy (non-hydrogen) atoms. The van der Waals surface area contributed by atoms with Gasteiger partial charge in [-0.05, 0) is 23.8 Å². The average molecular weight is 344 g/mol. The molecule has 1 unspecified atom stereocenters. The van der Waals surface area contributed by atoms with Gasteiger partial charge in [0.25, 0.3) is 0 Å². The summed E-state index contributed by atoms with van der Waals surface area (Å²) in [5.41, 5.74) is 0.733. The van der Waals surface area contributed by atoms with Crippen LogP contribution in [0.25, 0.3) is 0 Å². The van der Waals surface area contributed by atoms with Crippen molar-refractivity contribution in [2.45, 2.75) is 19.1 Å². The van der Waals surface area contributed by atoms with Gasteiger partial charge in [0, 0.05) is 38.8 Å². The molecule has 0 amide bonds. The van der Waals surface area contributed by atoms with Gasteiger partial charge in [-0.1, -0.05) is 12.1 Å². The van der Waals surface area contributed by atoms with E-state index in [1.165, 1.54) is 12.1 Å². The molecular weight excluding hydrogens is 323 g/mol. The summed E-state index contributed by atoms with van der Waals surface area (Å²) in [6, 6.07) is 9.93. The molecule has 132 valence electrons. The fraction of sp³-hybridized carbons (Fsp3) is 0.333. The number of nitrogens with zero attached hydrogens (tertiary/aromatic N) is 3. The van der Waals surface area contributed by atoms with Crippen LogP contribution in [0.5, 0.6) is 11.6 Å². The number of aromatic nitrogens is 1. The highest BCUT2D eigenvalue weighted by Crippen LogP contribution is 2.18. The first-order valence-electron chi connectivity index (χ1n) is 8.16. The third-order valence-electron chi connectivity index (χ3n) is 4.04. The number of likely N-dealkylation sites (tertiary alicyclic amines) is 1. The number of phenols is 1. The second-order valence-electron chi connectivity index (χ2n) is 5.83. The number of aromatic hydroxyl groups is 1. The number of hydrogen-bond acceptors (Lipinski definition) is 4. The van der Waals surface area contributed by atoms with Crippen molar-refractivity contribution in [1.29, 1.82) is 0 Å². The third kappa shape index (κ3) is 4.37. The Morgan fingerprint density at radius 3 is 3.04 bits per heavy atom. The average Bonchev–Trinajstić information content (AvgIpc) is 3.08. The van der Waals surface area contributed by atoms with Crippen LogP contribution in [0.4, 0.5) is 4.39 Å². The van der Waals surface area contributed by atoms with Crippen LogP contribution in [-0.4, -0.2) is 47.2 Å². The summed E-state index contributed by atoms with van der Waals surface area (Å²) >= 11 is 0. The van der Waals surface area contributed by atoms with Gasteiger partial charge >= 0.3 is 0 Å². The minimum atomic E-state index is -0.626. The fourth-order valence-electron chi connectivity index (χ4n) is 2.78. The number of ether oxygens (including phenoxy) is 1. The summed E-state index contributed by atoms with van der Waals surface area (Å²) in [4.78, 5) is 10.6. The number of nitrogens with one attached hydrogen (secondary N) is 1. The maximum absolute atomic E-state index is 13.4. The number of aliphatic imine (C=N–C) groups is 1. The van der Waals surface area contributed by atoms with E-state index in [1.807, 2.05) is 18.2 Å². The number of rotatable bonds is 4. The molecule has 6 nitrogen and oxygen atoms in total. The van der Waals surface area contributed by atoms with Crippen molar-refractivity contribution in [3.05, 3.63) is 54.0 Å². The molecule has 3 rings (SSSR count). The van der Waals surface area contributed by atoms with Gasteiger partial charge in [0.15, 0.2) is 17.5 Å². The standard InChI is InChI=1S/C18H21FN4O2/c1-20-18(22-11-13-5-6-16(24)15(19)10-13)23-9-7-14(12-23)25-17-4-2-3-8-21-17/h2-6,8,10,14,24H,7,9,11-12H2,1H3,(H,20,22). The molecule has 2 aromatic rings. The van der Waals surface area contributed by atoms with Gasteiger partial charge in [-0.25, -0.2) is 9.37 Å². The Kier molecular flexibility index (Phi) is 5.33. The highest BCUT2D eigenvalue weighted by atomic mass is 19.1. The van der Waals surface area contributed by atoms with E-state index in [0.29, 0.717) is 19.0 Å². The molecule has 1 aliphatic heterocycles. The lowest BCUT2D eigenvalue weighted by Crippen LogP contribution is -2.40. The van der Waals surface area contributed by atoms with E-state index in [0.717, 1.165) is 24.5 Å². The van der Waals surface area contributed by atoms with Crippen LogP contribution >= 0.6 is 0 Å². The van der Waals surface area contributed by atoms with Crippen LogP contribution in [0.2, 0.25) is 0 Å². The molecule has 1 fully saturated rings. The van der Waals surface area contributed by atoms with Crippen LogP contribution < -0.4 is 10.1 Å². The fourth-order valence-corrected chi connectivity index (χ4v) is 2.78. The highest BCUT2D eigenvalue weighted by molar-refractivity contribution is 5.80. The van der Waals surface area contributed by atoms with Crippen LogP contribution in [-0.2, 0) is 6.54 Å². The zero-order valence-electron chi connectivity index (χ0n) is 14.0. The van der Waals surface area contributed by atoms with Crippen LogP contribution in [0, 0.1) is 5.82 Å². The molecule has 2 heterocycles. The lowest BCUT2D eigenvalue weighted by atomic mass is 10.2. The Balaban J connectivity index is 1.54. The maximum Gasteiger partial charge on any atom is 0.213 e. The first-order chi connectivity index (χ1) is 12.2. The summed E-state index contributed by atoms with van der Waals surface area (Å²) in [5, 5.41) is 12.5. The quantitative estimate of drug-likeness (QED) is 0.657. The van der Waals surface area contributed by atoms with Crippen molar-refractivity contribution >= 4 is 5.96 Å². The Labute approximate surface area is 146 Å². The van der Waals surface area contributed by atoms with Crippen molar-refractivity contribution in [3.8, 4) is 11.6 Å². The van der Waals surface area contributed by atoms with Crippen molar-refractivity contribution < 1.29 is 14.2 Å². The molecule has 7 heteroatoms. The molecule has 1 saturated heterocycles. The zero-order chi connectivity index (χ0) is 17.6. The number of pyridine rings is 1. The number of phenolic OH excluding ortho intramolecular Hbond substituents is 1. The smallest absolute Gasteiger partial charge is 0.213 e. The first kappa shape index (κ1) is 17.0. The van der Waals surface area contributed by atoms with E-state index in [2.05, 4.69) is 20.2 Å². The number of halogens is 1. The Hall–Kier alpha value is -2.83. The van der Waals surface area contributed by atoms with Gasteiger partial charge in [0.2, 0.25) is 5.88 Å². The van der Waals surface area contributed by atoms with Gasteiger partial charge in [-0.2, -0.15) is 0 Å². The molecule has 2 N–H and O–H groups in total. The Morgan fingerprint density at radius 1 is 1.44 bits per heavy atom. The van der Waals surface area contributed by atoms with Gasteiger partial charge in [0.05, 0.1) is 6.54 Å². The third-order valence-corrected chi connectivity index (χ3v) is 4.04. The summed E-state index contributed by atoms with van der Waals surface area (Å²) in [6.45, 7) is 1.95. The lowest BCUT2D eigenvalue weighted by Gasteiger charge is -2.21. The SMILES string of the molecule is CN=C(NCc1ccc(O)c(F)c1)N1CCC(Oc2ccccn2)C1. The number of hydrogen-bond donors (Lipinski definition) is 2. The van der Waals surface area contributed by atoms with Crippen LogP contribution in [0.1, 0.15) is 12.0 Å². The molecule has 0 aliphatic carbocycles. The van der Waals surface area contributed by atoms with Gasteiger partial charge in [0.1, 0.15) is 6.10 Å². The van der Waals surface area contributed by atoms with Crippen molar-refractivity contribution in [2.75, 3.05) is 20.1 Å². The Morgan fingerprint density at radius 2 is 2.32 bits per heavy atom. The Bertz CT molecular complexity index is 739.